The summed E-state index contributed by atoms with van der Waals surface area (Å²) in [5.74, 6) is 0.347. The lowest BCUT2D eigenvalue weighted by Crippen LogP contribution is -2.17. The first kappa shape index (κ1) is 14.6. The molecule has 90 valence electrons. The summed E-state index contributed by atoms with van der Waals surface area (Å²) < 4.78 is 23.9. The highest BCUT2D eigenvalue weighted by atomic mass is 32.2. The van der Waals surface area contributed by atoms with E-state index >= 15 is 0 Å². The second-order valence-corrected chi connectivity index (χ2v) is 5.11. The van der Waals surface area contributed by atoms with E-state index in [0.717, 1.165) is 6.42 Å². The van der Waals surface area contributed by atoms with Crippen LogP contribution in [0, 0.1) is 5.92 Å². The second-order valence-electron chi connectivity index (χ2n) is 4.06. The zero-order valence-corrected chi connectivity index (χ0v) is 10.4. The van der Waals surface area contributed by atoms with Crippen molar-refractivity contribution < 1.29 is 18.3 Å². The minimum absolute atomic E-state index is 0.0721. The van der Waals surface area contributed by atoms with Gasteiger partial charge < -0.3 is 9.29 Å². The van der Waals surface area contributed by atoms with Crippen molar-refractivity contribution in [2.75, 3.05) is 5.75 Å². The summed E-state index contributed by atoms with van der Waals surface area (Å²) in [6, 6.07) is 0. The summed E-state index contributed by atoms with van der Waals surface area (Å²) in [5.41, 5.74) is 0. The molecule has 0 aromatic carbocycles. The molecule has 0 radical (unpaired) electrons. The molecule has 0 saturated heterocycles. The zero-order chi connectivity index (χ0) is 11.8. The second kappa shape index (κ2) is 7.82. The van der Waals surface area contributed by atoms with Crippen molar-refractivity contribution in [1.29, 1.82) is 0 Å². The Bertz CT molecular complexity index is 215. The van der Waals surface area contributed by atoms with Gasteiger partial charge in [-0.2, -0.15) is 0 Å². The number of hydrogen-bond donors (Lipinski definition) is 1. The van der Waals surface area contributed by atoms with Gasteiger partial charge in [0.1, 0.15) is 0 Å². The van der Waals surface area contributed by atoms with Crippen LogP contribution < -0.4 is 0 Å². The Morgan fingerprint density at radius 1 is 1.40 bits per heavy atom. The summed E-state index contributed by atoms with van der Waals surface area (Å²) in [6.07, 6.45) is 1.39. The van der Waals surface area contributed by atoms with Gasteiger partial charge in [0.2, 0.25) is 0 Å². The van der Waals surface area contributed by atoms with E-state index in [9.17, 15) is 9.00 Å². The smallest absolute Gasteiger partial charge is 0.306 e. The summed E-state index contributed by atoms with van der Waals surface area (Å²) in [6.45, 7) is 6.00. The minimum Gasteiger partial charge on any atom is -0.463 e. The van der Waals surface area contributed by atoms with Gasteiger partial charge >= 0.3 is 5.97 Å². The molecule has 5 heteroatoms. The molecule has 0 amide bonds. The van der Waals surface area contributed by atoms with Crippen molar-refractivity contribution in [3.63, 3.8) is 0 Å². The molecular weight excluding hydrogens is 216 g/mol. The number of hydrogen-bond acceptors (Lipinski definition) is 3. The number of carbonyl (C=O) groups is 1. The number of carbonyl (C=O) groups excluding carboxylic acids is 1. The van der Waals surface area contributed by atoms with Gasteiger partial charge in [-0.05, 0) is 25.7 Å². The van der Waals surface area contributed by atoms with Gasteiger partial charge in [0.05, 0.1) is 6.10 Å². The fraction of sp³-hybridized carbons (Fsp3) is 0.900. The third kappa shape index (κ3) is 9.87. The molecule has 4 nitrogen and oxygen atoms in total. The summed E-state index contributed by atoms with van der Waals surface area (Å²) in [4.78, 5) is 11.2. The van der Waals surface area contributed by atoms with E-state index in [4.69, 9.17) is 9.29 Å². The molecule has 0 aliphatic rings. The first-order valence-corrected chi connectivity index (χ1v) is 6.46. The summed E-state index contributed by atoms with van der Waals surface area (Å²) in [5, 5.41) is 0. The van der Waals surface area contributed by atoms with Crippen LogP contribution in [0.1, 0.15) is 40.0 Å². The van der Waals surface area contributed by atoms with E-state index in [1.807, 2.05) is 6.92 Å². The normalized spacial score (nSPS) is 15.0. The van der Waals surface area contributed by atoms with Crippen molar-refractivity contribution in [3.8, 4) is 0 Å². The third-order valence-electron chi connectivity index (χ3n) is 1.84. The molecule has 0 heterocycles. The van der Waals surface area contributed by atoms with Gasteiger partial charge in [-0.3, -0.25) is 4.79 Å². The molecule has 0 aliphatic heterocycles. The molecule has 0 aliphatic carbocycles. The maximum Gasteiger partial charge on any atom is 0.306 e. The Morgan fingerprint density at radius 3 is 2.47 bits per heavy atom. The summed E-state index contributed by atoms with van der Waals surface area (Å²) >= 11 is -1.81. The molecule has 0 aromatic rings. The fourth-order valence-corrected chi connectivity index (χ4v) is 1.73. The summed E-state index contributed by atoms with van der Waals surface area (Å²) in [7, 11) is 0. The monoisotopic (exact) mass is 236 g/mol. The van der Waals surface area contributed by atoms with E-state index in [1.165, 1.54) is 0 Å². The Labute approximate surface area is 93.7 Å². The van der Waals surface area contributed by atoms with Crippen molar-refractivity contribution in [1.82, 2.24) is 0 Å². The number of ether oxygens (including phenoxy) is 1. The number of rotatable bonds is 7. The van der Waals surface area contributed by atoms with Crippen LogP contribution in [0.25, 0.3) is 0 Å². The van der Waals surface area contributed by atoms with Gasteiger partial charge in [0.15, 0.2) is 11.1 Å². The van der Waals surface area contributed by atoms with Crippen LogP contribution in [0.2, 0.25) is 0 Å². The molecule has 15 heavy (non-hydrogen) atoms. The fourth-order valence-electron chi connectivity index (χ4n) is 1.34. The quantitative estimate of drug-likeness (QED) is 0.542. The first-order chi connectivity index (χ1) is 6.91. The van der Waals surface area contributed by atoms with Gasteiger partial charge in [0.25, 0.3) is 0 Å². The van der Waals surface area contributed by atoms with E-state index in [2.05, 4.69) is 13.8 Å². The molecular formula is C10H20O4S. The first-order valence-electron chi connectivity index (χ1n) is 5.18. The van der Waals surface area contributed by atoms with Crippen molar-refractivity contribution in [2.45, 2.75) is 46.1 Å². The lowest BCUT2D eigenvalue weighted by atomic mass is 10.1. The third-order valence-corrected chi connectivity index (χ3v) is 2.47. The molecule has 0 rings (SSSR count). The predicted octanol–water partition coefficient (Wildman–Crippen LogP) is 1.97. The van der Waals surface area contributed by atoms with Crippen LogP contribution >= 0.6 is 0 Å². The maximum atomic E-state index is 11.2. The SMILES string of the molecule is CC(C)CC(C)OC(=O)CCCS(=O)O. The zero-order valence-electron chi connectivity index (χ0n) is 9.56. The van der Waals surface area contributed by atoms with Crippen LogP contribution in [0.4, 0.5) is 0 Å². The average Bonchev–Trinajstić information content (AvgIpc) is 2.00. The topological polar surface area (TPSA) is 63.6 Å². The van der Waals surface area contributed by atoms with E-state index in [-0.39, 0.29) is 24.2 Å². The van der Waals surface area contributed by atoms with E-state index in [1.54, 1.807) is 0 Å². The molecule has 0 aromatic heterocycles. The predicted molar refractivity (Wildman–Crippen MR) is 59.9 cm³/mol. The molecule has 0 fully saturated rings. The van der Waals surface area contributed by atoms with Gasteiger partial charge in [-0.1, -0.05) is 13.8 Å². The molecule has 1 N–H and O–H groups in total. The van der Waals surface area contributed by atoms with Crippen LogP contribution in [0.15, 0.2) is 0 Å². The van der Waals surface area contributed by atoms with Crippen molar-refractivity contribution >= 4 is 17.0 Å². The van der Waals surface area contributed by atoms with Gasteiger partial charge in [-0.15, -0.1) is 0 Å². The van der Waals surface area contributed by atoms with Gasteiger partial charge in [0, 0.05) is 12.2 Å². The lowest BCUT2D eigenvalue weighted by molar-refractivity contribution is -0.148. The Balaban J connectivity index is 3.60. The molecule has 0 saturated carbocycles. The lowest BCUT2D eigenvalue weighted by Gasteiger charge is -2.14. The van der Waals surface area contributed by atoms with Gasteiger partial charge in [-0.25, -0.2) is 4.21 Å². The van der Waals surface area contributed by atoms with E-state index in [0.29, 0.717) is 12.3 Å². The molecule has 2 unspecified atom stereocenters. The van der Waals surface area contributed by atoms with Crippen LogP contribution in [0.3, 0.4) is 0 Å². The van der Waals surface area contributed by atoms with Crippen molar-refractivity contribution in [3.05, 3.63) is 0 Å². The minimum atomic E-state index is -1.81. The van der Waals surface area contributed by atoms with E-state index < -0.39 is 11.1 Å². The Hall–Kier alpha value is -0.420. The highest BCUT2D eigenvalue weighted by molar-refractivity contribution is 7.79. The van der Waals surface area contributed by atoms with Crippen LogP contribution in [-0.2, 0) is 20.6 Å². The maximum absolute atomic E-state index is 11.2. The largest absolute Gasteiger partial charge is 0.463 e. The highest BCUT2D eigenvalue weighted by Gasteiger charge is 2.11. The standard InChI is InChI=1S/C10H20O4S/c1-8(2)7-9(3)14-10(11)5-4-6-15(12)13/h8-9H,4-7H2,1-3H3,(H,12,13). The Kier molecular flexibility index (Phi) is 7.60. The molecule has 2 atom stereocenters. The average molecular weight is 236 g/mol. The Morgan fingerprint density at radius 2 is 2.00 bits per heavy atom. The molecule has 0 bridgehead atoms. The van der Waals surface area contributed by atoms with Crippen LogP contribution in [-0.4, -0.2) is 26.6 Å². The number of esters is 1. The molecule has 0 spiro atoms. The van der Waals surface area contributed by atoms with Crippen LogP contribution in [0.5, 0.6) is 0 Å². The van der Waals surface area contributed by atoms with Crippen molar-refractivity contribution in [2.24, 2.45) is 5.92 Å². The highest BCUT2D eigenvalue weighted by Crippen LogP contribution is 2.08.